The first kappa shape index (κ1) is 17.6. The van der Waals surface area contributed by atoms with Crippen LogP contribution in [0.4, 0.5) is 10.5 Å². The number of carbonyl (C=O) groups is 1. The minimum atomic E-state index is -3.75. The Morgan fingerprint density at radius 3 is 2.84 bits per heavy atom. The van der Waals surface area contributed by atoms with E-state index in [9.17, 15) is 18.3 Å². The van der Waals surface area contributed by atoms with Crippen LogP contribution in [0.5, 0.6) is 5.75 Å². The van der Waals surface area contributed by atoms with Gasteiger partial charge in [-0.1, -0.05) is 11.6 Å². The number of benzene rings is 1. The third kappa shape index (κ3) is 3.59. The normalized spacial score (nSPS) is 17.0. The summed E-state index contributed by atoms with van der Waals surface area (Å²) in [5.74, 6) is 0.131. The molecule has 0 fully saturated rings. The number of phenolic OH excluding ortho intramolecular Hbond substituents is 1. The maximum Gasteiger partial charge on any atom is 0.319 e. The van der Waals surface area contributed by atoms with Crippen LogP contribution in [0.1, 0.15) is 30.2 Å². The van der Waals surface area contributed by atoms with Crippen molar-refractivity contribution in [1.82, 2.24) is 5.32 Å². The van der Waals surface area contributed by atoms with Gasteiger partial charge >= 0.3 is 6.03 Å². The van der Waals surface area contributed by atoms with Gasteiger partial charge in [0.05, 0.1) is 23.0 Å². The first-order valence-electron chi connectivity index (χ1n) is 7.62. The average molecular weight is 385 g/mol. The summed E-state index contributed by atoms with van der Waals surface area (Å²) in [6.45, 7) is 0. The molecule has 3 N–H and O–H groups in total. The molecular weight excluding hydrogens is 368 g/mol. The molecule has 3 rings (SSSR count). The summed E-state index contributed by atoms with van der Waals surface area (Å²) < 4.78 is 28.9. The van der Waals surface area contributed by atoms with Crippen LogP contribution < -0.4 is 10.6 Å². The van der Waals surface area contributed by atoms with Crippen LogP contribution in [0.15, 0.2) is 33.8 Å². The molecule has 25 heavy (non-hydrogen) atoms. The lowest BCUT2D eigenvalue weighted by atomic mass is 9.94. The molecule has 1 unspecified atom stereocenters. The smallest absolute Gasteiger partial charge is 0.319 e. The predicted octanol–water partition coefficient (Wildman–Crippen LogP) is 3.24. The number of aromatic hydroxyl groups is 1. The quantitative estimate of drug-likeness (QED) is 0.704. The Morgan fingerprint density at radius 2 is 2.12 bits per heavy atom. The SMILES string of the molecule is CS(=O)(=O)c1c(Cl)ccc(NC(=O)NC2CCCc3ccoc32)c1O. The van der Waals surface area contributed by atoms with E-state index in [0.29, 0.717) is 0 Å². The molecule has 1 aromatic heterocycles. The molecule has 0 saturated carbocycles. The zero-order chi connectivity index (χ0) is 18.2. The van der Waals surface area contributed by atoms with E-state index in [1.165, 1.54) is 12.1 Å². The number of carbonyl (C=O) groups excluding carboxylic acids is 1. The van der Waals surface area contributed by atoms with Gasteiger partial charge in [-0.15, -0.1) is 0 Å². The van der Waals surface area contributed by atoms with E-state index < -0.39 is 26.5 Å². The van der Waals surface area contributed by atoms with Crippen molar-refractivity contribution in [3.63, 3.8) is 0 Å². The standard InChI is InChI=1S/C16H17ClN2O5S/c1-25(22,23)15-10(17)5-6-11(13(15)20)18-16(21)19-12-4-2-3-9-7-8-24-14(9)12/h5-8,12,20H,2-4H2,1H3,(H2,18,19,21). The first-order chi connectivity index (χ1) is 11.8. The maximum atomic E-state index is 12.3. The minimum absolute atomic E-state index is 0.0437. The van der Waals surface area contributed by atoms with Gasteiger partial charge in [0.1, 0.15) is 10.7 Å². The molecule has 7 nitrogen and oxygen atoms in total. The summed E-state index contributed by atoms with van der Waals surface area (Å²) in [4.78, 5) is 11.8. The molecule has 1 heterocycles. The largest absolute Gasteiger partial charge is 0.504 e. The van der Waals surface area contributed by atoms with Crippen molar-refractivity contribution in [1.29, 1.82) is 0 Å². The summed E-state index contributed by atoms with van der Waals surface area (Å²) >= 11 is 5.84. The second-order valence-electron chi connectivity index (χ2n) is 5.90. The monoisotopic (exact) mass is 384 g/mol. The van der Waals surface area contributed by atoms with E-state index in [-0.39, 0.29) is 16.8 Å². The van der Waals surface area contributed by atoms with E-state index in [1.54, 1.807) is 6.26 Å². The second-order valence-corrected chi connectivity index (χ2v) is 8.26. The van der Waals surface area contributed by atoms with Gasteiger partial charge in [-0.25, -0.2) is 13.2 Å². The fourth-order valence-corrected chi connectivity index (χ4v) is 4.40. The van der Waals surface area contributed by atoms with Gasteiger partial charge < -0.3 is 20.2 Å². The summed E-state index contributed by atoms with van der Waals surface area (Å²) in [6, 6.07) is 3.67. The molecule has 0 bridgehead atoms. The molecular formula is C16H17ClN2O5S. The number of aryl methyl sites for hydroxylation is 1. The van der Waals surface area contributed by atoms with Gasteiger partial charge in [-0.2, -0.15) is 0 Å². The minimum Gasteiger partial charge on any atom is -0.504 e. The molecule has 134 valence electrons. The predicted molar refractivity (Wildman–Crippen MR) is 92.8 cm³/mol. The van der Waals surface area contributed by atoms with Crippen LogP contribution in [0, 0.1) is 0 Å². The Balaban J connectivity index is 1.79. The van der Waals surface area contributed by atoms with Crippen molar-refractivity contribution in [2.75, 3.05) is 11.6 Å². The molecule has 2 aromatic rings. The highest BCUT2D eigenvalue weighted by Gasteiger charge is 2.26. The molecule has 1 aliphatic carbocycles. The van der Waals surface area contributed by atoms with Gasteiger partial charge in [0.15, 0.2) is 15.6 Å². The molecule has 9 heteroatoms. The number of fused-ring (bicyclic) bond motifs is 1. The average Bonchev–Trinajstić information content (AvgIpc) is 2.98. The number of rotatable bonds is 3. The van der Waals surface area contributed by atoms with Crippen molar-refractivity contribution >= 4 is 33.2 Å². The number of hydrogen-bond acceptors (Lipinski definition) is 5. The van der Waals surface area contributed by atoms with Gasteiger partial charge in [0, 0.05) is 6.26 Å². The van der Waals surface area contributed by atoms with Gasteiger partial charge in [0.25, 0.3) is 0 Å². The molecule has 1 aromatic carbocycles. The first-order valence-corrected chi connectivity index (χ1v) is 9.89. The van der Waals surface area contributed by atoms with Crippen LogP contribution in [-0.4, -0.2) is 25.8 Å². The fourth-order valence-electron chi connectivity index (χ4n) is 2.94. The second kappa shape index (κ2) is 6.61. The zero-order valence-corrected chi connectivity index (χ0v) is 14.9. The Bertz CT molecular complexity index is 923. The van der Waals surface area contributed by atoms with E-state index in [1.807, 2.05) is 6.07 Å². The lowest BCUT2D eigenvalue weighted by Crippen LogP contribution is -2.34. The van der Waals surface area contributed by atoms with Crippen LogP contribution in [0.3, 0.4) is 0 Å². The summed E-state index contributed by atoms with van der Waals surface area (Å²) in [7, 11) is -3.75. The Hall–Kier alpha value is -2.19. The van der Waals surface area contributed by atoms with Gasteiger partial charge in [0.2, 0.25) is 0 Å². The lowest BCUT2D eigenvalue weighted by molar-refractivity contribution is 0.244. The molecule has 0 spiro atoms. The Labute approximate surface area is 149 Å². The number of nitrogens with one attached hydrogen (secondary N) is 2. The number of hydrogen-bond donors (Lipinski definition) is 3. The van der Waals surface area contributed by atoms with Crippen molar-refractivity contribution in [2.24, 2.45) is 0 Å². The number of furan rings is 1. The van der Waals surface area contributed by atoms with Crippen molar-refractivity contribution in [2.45, 2.75) is 30.2 Å². The number of anilines is 1. The number of urea groups is 1. The molecule has 1 atom stereocenters. The number of sulfone groups is 1. The zero-order valence-electron chi connectivity index (χ0n) is 13.4. The molecule has 2 amide bonds. The van der Waals surface area contributed by atoms with Crippen LogP contribution in [-0.2, 0) is 16.3 Å². The molecule has 0 saturated heterocycles. The van der Waals surface area contributed by atoms with E-state index >= 15 is 0 Å². The third-order valence-electron chi connectivity index (χ3n) is 4.04. The topological polar surface area (TPSA) is 109 Å². The molecule has 1 aliphatic rings. The van der Waals surface area contributed by atoms with Crippen molar-refractivity contribution < 1.29 is 22.7 Å². The highest BCUT2D eigenvalue weighted by molar-refractivity contribution is 7.91. The van der Waals surface area contributed by atoms with E-state index in [0.717, 1.165) is 36.8 Å². The summed E-state index contributed by atoms with van der Waals surface area (Å²) in [6.07, 6.45) is 5.07. The summed E-state index contributed by atoms with van der Waals surface area (Å²) in [5.41, 5.74) is 1.02. The number of amides is 2. The van der Waals surface area contributed by atoms with Crippen molar-refractivity contribution in [3.05, 3.63) is 40.8 Å². The highest BCUT2D eigenvalue weighted by atomic mass is 35.5. The van der Waals surface area contributed by atoms with Crippen LogP contribution in [0.25, 0.3) is 0 Å². The molecule has 0 radical (unpaired) electrons. The number of halogens is 1. The maximum absolute atomic E-state index is 12.3. The van der Waals surface area contributed by atoms with Gasteiger partial charge in [-0.3, -0.25) is 0 Å². The molecule has 0 aliphatic heterocycles. The Kier molecular flexibility index (Phi) is 4.66. The van der Waals surface area contributed by atoms with E-state index in [4.69, 9.17) is 16.0 Å². The summed E-state index contributed by atoms with van der Waals surface area (Å²) in [5, 5.41) is 15.3. The van der Waals surface area contributed by atoms with Crippen molar-refractivity contribution in [3.8, 4) is 5.75 Å². The van der Waals surface area contributed by atoms with Crippen LogP contribution >= 0.6 is 11.6 Å². The lowest BCUT2D eigenvalue weighted by Gasteiger charge is -2.22. The Morgan fingerprint density at radius 1 is 1.36 bits per heavy atom. The highest BCUT2D eigenvalue weighted by Crippen LogP contribution is 2.37. The fraction of sp³-hybridized carbons (Fsp3) is 0.312. The third-order valence-corrected chi connectivity index (χ3v) is 5.63. The van der Waals surface area contributed by atoms with Crippen LogP contribution in [0.2, 0.25) is 5.02 Å². The van der Waals surface area contributed by atoms with Gasteiger partial charge in [-0.05, 0) is 43.0 Å². The number of phenols is 1. The van der Waals surface area contributed by atoms with E-state index in [2.05, 4.69) is 10.6 Å².